The van der Waals surface area contributed by atoms with Gasteiger partial charge in [0.1, 0.15) is 0 Å². The molecule has 0 aliphatic carbocycles. The molecule has 1 N–H and O–H groups in total. The fourth-order valence-corrected chi connectivity index (χ4v) is 2.79. The van der Waals surface area contributed by atoms with Crippen molar-refractivity contribution in [1.29, 1.82) is 0 Å². The van der Waals surface area contributed by atoms with Gasteiger partial charge < -0.3 is 10.0 Å². The number of piperidine rings is 1. The first kappa shape index (κ1) is 15.3. The van der Waals surface area contributed by atoms with Crippen LogP contribution in [0.1, 0.15) is 39.5 Å². The van der Waals surface area contributed by atoms with Crippen molar-refractivity contribution >= 4 is 23.6 Å². The summed E-state index contributed by atoms with van der Waals surface area (Å²) in [5.41, 5.74) is 0. The molecule has 104 valence electrons. The maximum Gasteiger partial charge on any atom is 0.303 e. The highest BCUT2D eigenvalue weighted by Crippen LogP contribution is 2.22. The highest BCUT2D eigenvalue weighted by molar-refractivity contribution is 8.00. The normalized spacial score (nSPS) is 17.2. The minimum absolute atomic E-state index is 0.227. The molecule has 0 unspecified atom stereocenters. The quantitative estimate of drug-likeness (QED) is 0.806. The van der Waals surface area contributed by atoms with Crippen LogP contribution in [0, 0.1) is 5.92 Å². The number of hydrogen-bond acceptors (Lipinski definition) is 3. The van der Waals surface area contributed by atoms with Gasteiger partial charge in [-0.15, -0.1) is 11.8 Å². The van der Waals surface area contributed by atoms with Crippen molar-refractivity contribution in [2.75, 3.05) is 18.8 Å². The molecule has 0 aromatic rings. The fourth-order valence-electron chi connectivity index (χ4n) is 2.13. The Bertz CT molecular complexity index is 286. The zero-order valence-electron chi connectivity index (χ0n) is 11.2. The maximum absolute atomic E-state index is 11.9. The largest absolute Gasteiger partial charge is 0.481 e. The first-order valence-electron chi connectivity index (χ1n) is 6.60. The smallest absolute Gasteiger partial charge is 0.303 e. The summed E-state index contributed by atoms with van der Waals surface area (Å²) in [4.78, 5) is 24.3. The number of likely N-dealkylation sites (tertiary alicyclic amines) is 1. The zero-order chi connectivity index (χ0) is 13.5. The topological polar surface area (TPSA) is 57.6 Å². The third-order valence-electron chi connectivity index (χ3n) is 3.27. The predicted molar refractivity (Wildman–Crippen MR) is 73.8 cm³/mol. The van der Waals surface area contributed by atoms with E-state index in [2.05, 4.69) is 13.8 Å². The Morgan fingerprint density at radius 3 is 2.44 bits per heavy atom. The molecule has 0 atom stereocenters. The summed E-state index contributed by atoms with van der Waals surface area (Å²) in [7, 11) is 0. The summed E-state index contributed by atoms with van der Waals surface area (Å²) in [5, 5.41) is 9.13. The monoisotopic (exact) mass is 273 g/mol. The van der Waals surface area contributed by atoms with Gasteiger partial charge in [-0.2, -0.15) is 0 Å². The second-order valence-electron chi connectivity index (χ2n) is 5.12. The van der Waals surface area contributed by atoms with E-state index < -0.39 is 5.97 Å². The van der Waals surface area contributed by atoms with Gasteiger partial charge in [0.05, 0.1) is 5.75 Å². The van der Waals surface area contributed by atoms with Crippen LogP contribution in [-0.4, -0.2) is 46.0 Å². The van der Waals surface area contributed by atoms with Gasteiger partial charge in [-0.3, -0.25) is 9.59 Å². The summed E-state index contributed by atoms with van der Waals surface area (Å²) in [6.07, 6.45) is 2.90. The zero-order valence-corrected chi connectivity index (χ0v) is 12.0. The van der Waals surface area contributed by atoms with E-state index in [1.54, 1.807) is 11.8 Å². The Morgan fingerprint density at radius 2 is 1.94 bits per heavy atom. The molecule has 1 saturated heterocycles. The van der Waals surface area contributed by atoms with Crippen molar-refractivity contribution in [3.8, 4) is 0 Å². The minimum atomic E-state index is -0.721. The molecule has 5 heteroatoms. The van der Waals surface area contributed by atoms with Crippen LogP contribution in [0.15, 0.2) is 0 Å². The van der Waals surface area contributed by atoms with Crippen molar-refractivity contribution in [3.63, 3.8) is 0 Å². The molecule has 1 aliphatic rings. The van der Waals surface area contributed by atoms with Crippen LogP contribution in [0.5, 0.6) is 0 Å². The number of thioether (sulfide) groups is 1. The predicted octanol–water partition coefficient (Wildman–Crippen LogP) is 2.23. The van der Waals surface area contributed by atoms with E-state index in [9.17, 15) is 9.59 Å². The summed E-state index contributed by atoms with van der Waals surface area (Å²) in [5.74, 6) is 0.549. The third kappa shape index (κ3) is 5.76. The first-order valence-corrected chi connectivity index (χ1v) is 7.65. The van der Waals surface area contributed by atoms with Crippen molar-refractivity contribution < 1.29 is 14.7 Å². The highest BCUT2D eigenvalue weighted by atomic mass is 32.2. The Labute approximate surface area is 113 Å². The van der Waals surface area contributed by atoms with Crippen LogP contribution in [0.25, 0.3) is 0 Å². The molecule has 0 aromatic carbocycles. The van der Waals surface area contributed by atoms with E-state index in [0.717, 1.165) is 32.4 Å². The van der Waals surface area contributed by atoms with Crippen LogP contribution in [0.4, 0.5) is 0 Å². The number of carbonyl (C=O) groups excluding carboxylic acids is 1. The number of amides is 1. The number of carboxylic acids is 1. The van der Waals surface area contributed by atoms with Crippen LogP contribution in [0.3, 0.4) is 0 Å². The lowest BCUT2D eigenvalue weighted by Crippen LogP contribution is -2.39. The number of carbonyl (C=O) groups is 2. The lowest BCUT2D eigenvalue weighted by Gasteiger charge is -2.32. The van der Waals surface area contributed by atoms with Crippen LogP contribution in [0.2, 0.25) is 0 Å². The molecule has 4 nitrogen and oxygen atoms in total. The summed E-state index contributed by atoms with van der Waals surface area (Å²) >= 11 is 1.68. The lowest BCUT2D eigenvalue weighted by atomic mass is 9.92. The molecule has 0 aromatic heterocycles. The number of aliphatic carboxylic acids is 1. The van der Waals surface area contributed by atoms with Crippen molar-refractivity contribution in [2.24, 2.45) is 5.92 Å². The number of nitrogens with zero attached hydrogens (tertiary/aromatic N) is 1. The Kier molecular flexibility index (Phi) is 6.54. The van der Waals surface area contributed by atoms with Gasteiger partial charge in [-0.25, -0.2) is 0 Å². The fraction of sp³-hybridized carbons (Fsp3) is 0.846. The highest BCUT2D eigenvalue weighted by Gasteiger charge is 2.23. The average molecular weight is 273 g/mol. The average Bonchev–Trinajstić information content (AvgIpc) is 2.34. The van der Waals surface area contributed by atoms with E-state index in [0.29, 0.717) is 16.9 Å². The van der Waals surface area contributed by atoms with Crippen molar-refractivity contribution in [1.82, 2.24) is 4.90 Å². The van der Waals surface area contributed by atoms with Gasteiger partial charge in [-0.05, 0) is 30.4 Å². The van der Waals surface area contributed by atoms with Gasteiger partial charge in [-0.1, -0.05) is 13.8 Å². The molecular formula is C13H23NO3S. The lowest BCUT2D eigenvalue weighted by molar-refractivity contribution is -0.137. The van der Waals surface area contributed by atoms with E-state index in [-0.39, 0.29) is 12.3 Å². The molecule has 1 aliphatic heterocycles. The second kappa shape index (κ2) is 7.67. The van der Waals surface area contributed by atoms with Crippen LogP contribution in [-0.2, 0) is 9.59 Å². The molecule has 1 amide bonds. The SMILES string of the molecule is CC(C)SCC(=O)N1CCC(CCC(=O)O)CC1. The standard InChI is InChI=1S/C13H23NO3S/c1-10(2)18-9-12(15)14-7-5-11(6-8-14)3-4-13(16)17/h10-11H,3-9H2,1-2H3,(H,16,17). The molecule has 0 saturated carbocycles. The summed E-state index contributed by atoms with van der Waals surface area (Å²) in [6.45, 7) is 5.77. The van der Waals surface area contributed by atoms with Gasteiger partial charge in [0.15, 0.2) is 0 Å². The van der Waals surface area contributed by atoms with Gasteiger partial charge >= 0.3 is 5.97 Å². The Balaban J connectivity index is 2.22. The first-order chi connectivity index (χ1) is 8.49. The van der Waals surface area contributed by atoms with Crippen molar-refractivity contribution in [3.05, 3.63) is 0 Å². The molecule has 1 heterocycles. The van der Waals surface area contributed by atoms with Gasteiger partial charge in [0, 0.05) is 19.5 Å². The number of hydrogen-bond donors (Lipinski definition) is 1. The number of rotatable bonds is 6. The molecule has 0 radical (unpaired) electrons. The van der Waals surface area contributed by atoms with Crippen LogP contribution < -0.4 is 0 Å². The van der Waals surface area contributed by atoms with E-state index >= 15 is 0 Å². The summed E-state index contributed by atoms with van der Waals surface area (Å²) < 4.78 is 0. The van der Waals surface area contributed by atoms with Crippen molar-refractivity contribution in [2.45, 2.75) is 44.8 Å². The Hall–Kier alpha value is -0.710. The van der Waals surface area contributed by atoms with E-state index in [1.807, 2.05) is 4.90 Å². The Morgan fingerprint density at radius 1 is 1.33 bits per heavy atom. The minimum Gasteiger partial charge on any atom is -0.481 e. The van der Waals surface area contributed by atoms with Gasteiger partial charge in [0.2, 0.25) is 5.91 Å². The third-order valence-corrected chi connectivity index (χ3v) is 4.35. The second-order valence-corrected chi connectivity index (χ2v) is 6.68. The van der Waals surface area contributed by atoms with E-state index in [4.69, 9.17) is 5.11 Å². The molecule has 0 spiro atoms. The van der Waals surface area contributed by atoms with Gasteiger partial charge in [0.25, 0.3) is 0 Å². The number of carboxylic acid groups (broad SMARTS) is 1. The summed E-state index contributed by atoms with van der Waals surface area (Å²) in [6, 6.07) is 0. The molecule has 1 rings (SSSR count). The van der Waals surface area contributed by atoms with E-state index in [1.165, 1.54) is 0 Å². The molecule has 18 heavy (non-hydrogen) atoms. The molecule has 1 fully saturated rings. The molecular weight excluding hydrogens is 250 g/mol. The maximum atomic E-state index is 11.9. The molecule has 0 bridgehead atoms. The van der Waals surface area contributed by atoms with Crippen LogP contribution >= 0.6 is 11.8 Å².